The van der Waals surface area contributed by atoms with Gasteiger partial charge < -0.3 is 15.5 Å². The highest BCUT2D eigenvalue weighted by atomic mass is 35.5. The molecule has 1 aromatic carbocycles. The van der Waals surface area contributed by atoms with Crippen LogP contribution in [0, 0.1) is 0 Å². The van der Waals surface area contributed by atoms with Gasteiger partial charge in [0, 0.05) is 29.8 Å². The number of benzene rings is 1. The molecule has 1 atom stereocenters. The van der Waals surface area contributed by atoms with E-state index in [1.165, 1.54) is 0 Å². The summed E-state index contributed by atoms with van der Waals surface area (Å²) in [5, 5.41) is 6.79. The van der Waals surface area contributed by atoms with Crippen LogP contribution in [0.1, 0.15) is 24.9 Å². The lowest BCUT2D eigenvalue weighted by molar-refractivity contribution is -0.119. The number of anilines is 1. The highest BCUT2D eigenvalue weighted by molar-refractivity contribution is 6.31. The van der Waals surface area contributed by atoms with E-state index >= 15 is 0 Å². The van der Waals surface area contributed by atoms with Gasteiger partial charge in [-0.15, -0.1) is 0 Å². The monoisotopic (exact) mass is 281 g/mol. The number of nitrogens with zero attached hydrogens (tertiary/aromatic N) is 1. The molecule has 2 N–H and O–H groups in total. The van der Waals surface area contributed by atoms with E-state index in [9.17, 15) is 4.79 Å². The van der Waals surface area contributed by atoms with E-state index in [2.05, 4.69) is 22.5 Å². The number of nitrogens with one attached hydrogen (secondary N) is 2. The minimum Gasteiger partial charge on any atom is -0.362 e. The summed E-state index contributed by atoms with van der Waals surface area (Å²) in [6.45, 7) is 4.09. The molecule has 1 unspecified atom stereocenters. The van der Waals surface area contributed by atoms with Crippen LogP contribution in [-0.2, 0) is 4.79 Å². The van der Waals surface area contributed by atoms with Crippen molar-refractivity contribution in [1.82, 2.24) is 10.6 Å². The van der Waals surface area contributed by atoms with Gasteiger partial charge in [0.05, 0.1) is 6.54 Å². The van der Waals surface area contributed by atoms with Crippen molar-refractivity contribution in [2.75, 3.05) is 31.6 Å². The molecule has 1 amide bonds. The molecular weight excluding hydrogens is 262 g/mol. The number of carbonyl (C=O) groups excluding carboxylic acids is 1. The maximum Gasteiger partial charge on any atom is 0.239 e. The quantitative estimate of drug-likeness (QED) is 0.890. The smallest absolute Gasteiger partial charge is 0.239 e. The minimum atomic E-state index is 0.0706. The van der Waals surface area contributed by atoms with Crippen molar-refractivity contribution >= 4 is 23.2 Å². The molecule has 104 valence electrons. The Hall–Kier alpha value is -1.26. The number of hydrogen-bond acceptors (Lipinski definition) is 3. The normalized spacial score (nSPS) is 17.8. The standard InChI is InChI=1S/C14H20ClN3O/c1-10(16-2)12-5-4-11(8-13(12)15)18-7-3-6-17-14(19)9-18/h4-5,8,10,16H,3,6-7,9H2,1-2H3,(H,17,19). The van der Waals surface area contributed by atoms with Crippen LogP contribution in [0.25, 0.3) is 0 Å². The van der Waals surface area contributed by atoms with Crippen molar-refractivity contribution in [3.05, 3.63) is 28.8 Å². The van der Waals surface area contributed by atoms with Crippen molar-refractivity contribution in [2.24, 2.45) is 0 Å². The van der Waals surface area contributed by atoms with Crippen LogP contribution in [0.4, 0.5) is 5.69 Å². The van der Waals surface area contributed by atoms with Gasteiger partial charge >= 0.3 is 0 Å². The Labute approximate surface area is 119 Å². The number of rotatable bonds is 3. The number of hydrogen-bond donors (Lipinski definition) is 2. The van der Waals surface area contributed by atoms with Crippen molar-refractivity contribution in [3.8, 4) is 0 Å². The summed E-state index contributed by atoms with van der Waals surface area (Å²) in [5.74, 6) is 0.0706. The average Bonchev–Trinajstić information content (AvgIpc) is 2.62. The van der Waals surface area contributed by atoms with E-state index < -0.39 is 0 Å². The van der Waals surface area contributed by atoms with Gasteiger partial charge in [-0.1, -0.05) is 17.7 Å². The predicted octanol–water partition coefficient (Wildman–Crippen LogP) is 1.95. The molecule has 19 heavy (non-hydrogen) atoms. The first-order valence-corrected chi connectivity index (χ1v) is 6.98. The molecule has 4 nitrogen and oxygen atoms in total. The summed E-state index contributed by atoms with van der Waals surface area (Å²) >= 11 is 6.33. The molecule has 0 aromatic heterocycles. The van der Waals surface area contributed by atoms with Gasteiger partial charge in [-0.2, -0.15) is 0 Å². The molecule has 0 saturated carbocycles. The highest BCUT2D eigenvalue weighted by Gasteiger charge is 2.16. The Balaban J connectivity index is 2.21. The van der Waals surface area contributed by atoms with Gasteiger partial charge in [0.25, 0.3) is 0 Å². The van der Waals surface area contributed by atoms with Gasteiger partial charge in [-0.05, 0) is 38.1 Å². The average molecular weight is 282 g/mol. The summed E-state index contributed by atoms with van der Waals surface area (Å²) in [6.07, 6.45) is 0.956. The zero-order valence-electron chi connectivity index (χ0n) is 11.4. The molecule has 0 spiro atoms. The fourth-order valence-corrected chi connectivity index (χ4v) is 2.58. The summed E-state index contributed by atoms with van der Waals surface area (Å²) in [7, 11) is 1.91. The summed E-state index contributed by atoms with van der Waals surface area (Å²) in [4.78, 5) is 13.6. The molecule has 0 aliphatic carbocycles. The van der Waals surface area contributed by atoms with Crippen LogP contribution < -0.4 is 15.5 Å². The molecule has 5 heteroatoms. The zero-order valence-corrected chi connectivity index (χ0v) is 12.1. The van der Waals surface area contributed by atoms with Crippen LogP contribution in [0.3, 0.4) is 0 Å². The van der Waals surface area contributed by atoms with E-state index in [0.717, 1.165) is 35.8 Å². The maximum absolute atomic E-state index is 11.6. The molecule has 0 bridgehead atoms. The van der Waals surface area contributed by atoms with Crippen LogP contribution >= 0.6 is 11.6 Å². The van der Waals surface area contributed by atoms with E-state index in [0.29, 0.717) is 6.54 Å². The fourth-order valence-electron chi connectivity index (χ4n) is 2.25. The van der Waals surface area contributed by atoms with Gasteiger partial charge in [0.2, 0.25) is 5.91 Å². The third kappa shape index (κ3) is 3.39. The van der Waals surface area contributed by atoms with Crippen LogP contribution in [0.2, 0.25) is 5.02 Å². The lowest BCUT2D eigenvalue weighted by atomic mass is 10.1. The van der Waals surface area contributed by atoms with E-state index in [1.807, 2.05) is 25.2 Å². The van der Waals surface area contributed by atoms with Crippen molar-refractivity contribution < 1.29 is 4.79 Å². The Morgan fingerprint density at radius 1 is 1.47 bits per heavy atom. The molecular formula is C14H20ClN3O. The summed E-state index contributed by atoms with van der Waals surface area (Å²) in [6, 6.07) is 6.23. The molecule has 1 heterocycles. The van der Waals surface area contributed by atoms with Crippen LogP contribution in [0.5, 0.6) is 0 Å². The molecule has 2 rings (SSSR count). The topological polar surface area (TPSA) is 44.4 Å². The van der Waals surface area contributed by atoms with E-state index in [-0.39, 0.29) is 11.9 Å². The molecule has 1 aromatic rings. The second kappa shape index (κ2) is 6.26. The number of halogens is 1. The molecule has 1 aliphatic heterocycles. The first-order chi connectivity index (χ1) is 9.11. The Bertz CT molecular complexity index is 464. The van der Waals surface area contributed by atoms with Crippen molar-refractivity contribution in [3.63, 3.8) is 0 Å². The number of amides is 1. The van der Waals surface area contributed by atoms with Gasteiger partial charge in [-0.3, -0.25) is 4.79 Å². The molecule has 1 saturated heterocycles. The molecule has 1 fully saturated rings. The maximum atomic E-state index is 11.6. The van der Waals surface area contributed by atoms with E-state index in [1.54, 1.807) is 0 Å². The second-order valence-electron chi connectivity index (χ2n) is 4.84. The Kier molecular flexibility index (Phi) is 4.66. The SMILES string of the molecule is CNC(C)c1ccc(N2CCCNC(=O)C2)cc1Cl. The fraction of sp³-hybridized carbons (Fsp3) is 0.500. The Morgan fingerprint density at radius 2 is 2.26 bits per heavy atom. The van der Waals surface area contributed by atoms with Gasteiger partial charge in [-0.25, -0.2) is 0 Å². The molecule has 1 aliphatic rings. The van der Waals surface area contributed by atoms with E-state index in [4.69, 9.17) is 11.6 Å². The minimum absolute atomic E-state index is 0.0706. The zero-order chi connectivity index (χ0) is 13.8. The first kappa shape index (κ1) is 14.2. The lowest BCUT2D eigenvalue weighted by Crippen LogP contribution is -2.33. The summed E-state index contributed by atoms with van der Waals surface area (Å²) < 4.78 is 0. The lowest BCUT2D eigenvalue weighted by Gasteiger charge is -2.23. The van der Waals surface area contributed by atoms with Gasteiger partial charge in [0.15, 0.2) is 0 Å². The highest BCUT2D eigenvalue weighted by Crippen LogP contribution is 2.28. The van der Waals surface area contributed by atoms with Gasteiger partial charge in [0.1, 0.15) is 0 Å². The van der Waals surface area contributed by atoms with Crippen molar-refractivity contribution in [2.45, 2.75) is 19.4 Å². The summed E-state index contributed by atoms with van der Waals surface area (Å²) in [5.41, 5.74) is 2.08. The van der Waals surface area contributed by atoms with Crippen LogP contribution in [-0.4, -0.2) is 32.6 Å². The molecule has 0 radical (unpaired) electrons. The third-order valence-corrected chi connectivity index (χ3v) is 3.84. The Morgan fingerprint density at radius 3 is 2.95 bits per heavy atom. The first-order valence-electron chi connectivity index (χ1n) is 6.60. The van der Waals surface area contributed by atoms with Crippen molar-refractivity contribution in [1.29, 1.82) is 0 Å². The van der Waals surface area contributed by atoms with Crippen LogP contribution in [0.15, 0.2) is 18.2 Å². The number of carbonyl (C=O) groups is 1. The second-order valence-corrected chi connectivity index (χ2v) is 5.25. The largest absolute Gasteiger partial charge is 0.362 e. The third-order valence-electron chi connectivity index (χ3n) is 3.51. The predicted molar refractivity (Wildman–Crippen MR) is 78.8 cm³/mol.